The van der Waals surface area contributed by atoms with Gasteiger partial charge in [-0.3, -0.25) is 9.59 Å². The number of carboxylic acids is 1. The summed E-state index contributed by atoms with van der Waals surface area (Å²) in [5.41, 5.74) is 5.85. The molecule has 9 N–H and O–H groups in total. The summed E-state index contributed by atoms with van der Waals surface area (Å²) < 4.78 is 0. The zero-order valence-corrected chi connectivity index (χ0v) is 14.8. The number of aliphatic carboxylic acids is 1. The Morgan fingerprint density at radius 3 is 2.33 bits per heavy atom. The number of carboxylic acid groups (broad SMARTS) is 1. The van der Waals surface area contributed by atoms with Crippen LogP contribution < -0.4 is 11.1 Å². The molecule has 0 radical (unpaired) electrons. The highest BCUT2D eigenvalue weighted by Gasteiger charge is 2.27. The number of carbonyl (C=O) groups excluding carboxylic acids is 2. The van der Waals surface area contributed by atoms with E-state index < -0.39 is 42.7 Å². The van der Waals surface area contributed by atoms with Crippen LogP contribution in [0.2, 0.25) is 0 Å². The third-order valence-electron chi connectivity index (χ3n) is 3.30. The Bertz CT molecular complexity index is 580. The average Bonchev–Trinajstić information content (AvgIpc) is 3.12. The van der Waals surface area contributed by atoms with Crippen LogP contribution in [0.1, 0.15) is 19.0 Å². The van der Waals surface area contributed by atoms with Crippen molar-refractivity contribution in [2.24, 2.45) is 5.73 Å². The zero-order chi connectivity index (χ0) is 21.0. The highest BCUT2D eigenvalue weighted by Crippen LogP contribution is 2.00. The molecular weight excluding hydrogens is 364 g/mol. The molecule has 0 aliphatic heterocycles. The molecule has 154 valence electrons. The second-order valence-corrected chi connectivity index (χ2v) is 5.57. The van der Waals surface area contributed by atoms with Crippen LogP contribution in [0.5, 0.6) is 0 Å². The van der Waals surface area contributed by atoms with Gasteiger partial charge in [0.15, 0.2) is 5.78 Å². The van der Waals surface area contributed by atoms with E-state index in [1.54, 1.807) is 0 Å². The molecule has 4 atom stereocenters. The monoisotopic (exact) mass is 390 g/mol. The molecule has 4 unspecified atom stereocenters. The van der Waals surface area contributed by atoms with Crippen molar-refractivity contribution in [3.63, 3.8) is 0 Å². The summed E-state index contributed by atoms with van der Waals surface area (Å²) in [4.78, 5) is 39.0. The number of aliphatic hydroxyl groups is 4. The Morgan fingerprint density at radius 1 is 1.30 bits per heavy atom. The SMILES string of the molecule is CC(=O)C(O)C(O)C(O)CO.NCCC(=O)NC(Cc1cnc[nH]1)C(=O)O. The fourth-order valence-electron chi connectivity index (χ4n) is 1.77. The molecule has 12 nitrogen and oxygen atoms in total. The molecule has 1 aromatic rings. The highest BCUT2D eigenvalue weighted by molar-refractivity contribution is 5.83. The van der Waals surface area contributed by atoms with E-state index in [9.17, 15) is 14.4 Å². The van der Waals surface area contributed by atoms with Crippen molar-refractivity contribution in [3.8, 4) is 0 Å². The third kappa shape index (κ3) is 9.77. The van der Waals surface area contributed by atoms with Gasteiger partial charge in [-0.2, -0.15) is 0 Å². The van der Waals surface area contributed by atoms with Crippen molar-refractivity contribution in [1.29, 1.82) is 0 Å². The highest BCUT2D eigenvalue weighted by atomic mass is 16.4. The summed E-state index contributed by atoms with van der Waals surface area (Å²) in [5.74, 6) is -2.10. The number of imidazole rings is 1. The Morgan fingerprint density at radius 2 is 1.93 bits per heavy atom. The van der Waals surface area contributed by atoms with Crippen LogP contribution in [-0.2, 0) is 20.8 Å². The number of Topliss-reactive ketones (excluding diaryl/α,β-unsaturated/α-hetero) is 1. The van der Waals surface area contributed by atoms with Crippen LogP contribution in [0.4, 0.5) is 0 Å². The molecule has 12 heteroatoms. The van der Waals surface area contributed by atoms with Gasteiger partial charge in [-0.05, 0) is 6.92 Å². The molecule has 0 fully saturated rings. The summed E-state index contributed by atoms with van der Waals surface area (Å²) in [6.07, 6.45) is -1.46. The smallest absolute Gasteiger partial charge is 0.326 e. The lowest BCUT2D eigenvalue weighted by atomic mass is 10.1. The Labute approximate surface area is 155 Å². The molecule has 0 saturated heterocycles. The number of H-pyrrole nitrogens is 1. The molecule has 0 bridgehead atoms. The number of aromatic nitrogens is 2. The molecule has 0 aliphatic carbocycles. The molecule has 0 aromatic carbocycles. The molecule has 27 heavy (non-hydrogen) atoms. The Balaban J connectivity index is 0.000000541. The molecule has 1 heterocycles. The predicted molar refractivity (Wildman–Crippen MR) is 91.3 cm³/mol. The van der Waals surface area contributed by atoms with Gasteiger partial charge in [0, 0.05) is 31.3 Å². The first-order valence-electron chi connectivity index (χ1n) is 7.99. The number of hydrogen-bond donors (Lipinski definition) is 8. The summed E-state index contributed by atoms with van der Waals surface area (Å²) in [5, 5.41) is 46.0. The number of nitrogens with zero attached hydrogens (tertiary/aromatic N) is 1. The number of hydrogen-bond acceptors (Lipinski definition) is 9. The summed E-state index contributed by atoms with van der Waals surface area (Å²) in [6, 6.07) is -0.959. The van der Waals surface area contributed by atoms with Gasteiger partial charge in [-0.15, -0.1) is 0 Å². The summed E-state index contributed by atoms with van der Waals surface area (Å²) in [7, 11) is 0. The van der Waals surface area contributed by atoms with Gasteiger partial charge in [-0.25, -0.2) is 9.78 Å². The van der Waals surface area contributed by atoms with E-state index in [0.717, 1.165) is 6.92 Å². The van der Waals surface area contributed by atoms with Gasteiger partial charge < -0.3 is 41.6 Å². The minimum atomic E-state index is -1.63. The lowest BCUT2D eigenvalue weighted by molar-refractivity contribution is -0.141. The van der Waals surface area contributed by atoms with Gasteiger partial charge in [-0.1, -0.05) is 0 Å². The van der Waals surface area contributed by atoms with Crippen LogP contribution in [0.25, 0.3) is 0 Å². The fraction of sp³-hybridized carbons (Fsp3) is 0.600. The molecule has 1 rings (SSSR count). The quantitative estimate of drug-likeness (QED) is 0.197. The van der Waals surface area contributed by atoms with Crippen molar-refractivity contribution in [2.75, 3.05) is 13.2 Å². The first-order chi connectivity index (χ1) is 12.6. The second kappa shape index (κ2) is 12.9. The number of amides is 1. The van der Waals surface area contributed by atoms with Gasteiger partial charge in [0.1, 0.15) is 24.4 Å². The molecule has 0 spiro atoms. The van der Waals surface area contributed by atoms with Crippen molar-refractivity contribution >= 4 is 17.7 Å². The molecule has 0 saturated carbocycles. The number of nitrogens with one attached hydrogen (secondary N) is 2. The van der Waals surface area contributed by atoms with E-state index in [2.05, 4.69) is 15.3 Å². The van der Waals surface area contributed by atoms with E-state index in [0.29, 0.717) is 5.69 Å². The van der Waals surface area contributed by atoms with Crippen LogP contribution in [-0.4, -0.2) is 90.7 Å². The van der Waals surface area contributed by atoms with Crippen LogP contribution in [0.3, 0.4) is 0 Å². The zero-order valence-electron chi connectivity index (χ0n) is 14.8. The predicted octanol–water partition coefficient (Wildman–Crippen LogP) is -3.48. The largest absolute Gasteiger partial charge is 0.480 e. The topological polar surface area (TPSA) is 219 Å². The summed E-state index contributed by atoms with van der Waals surface area (Å²) >= 11 is 0. The number of aromatic amines is 1. The van der Waals surface area contributed by atoms with E-state index in [1.807, 2.05) is 0 Å². The maximum absolute atomic E-state index is 11.2. The maximum Gasteiger partial charge on any atom is 0.326 e. The number of nitrogens with two attached hydrogens (primary N) is 1. The van der Waals surface area contributed by atoms with Gasteiger partial charge in [0.25, 0.3) is 0 Å². The van der Waals surface area contributed by atoms with Gasteiger partial charge >= 0.3 is 5.97 Å². The number of carbonyl (C=O) groups is 3. The number of aliphatic hydroxyl groups excluding tert-OH is 4. The molecule has 1 aromatic heterocycles. The first-order valence-corrected chi connectivity index (χ1v) is 7.99. The van der Waals surface area contributed by atoms with Crippen LogP contribution in [0, 0.1) is 0 Å². The minimum absolute atomic E-state index is 0.118. The maximum atomic E-state index is 11.2. The number of rotatable bonds is 10. The van der Waals surface area contributed by atoms with Crippen molar-refractivity contribution in [3.05, 3.63) is 18.2 Å². The molecule has 0 aliphatic rings. The van der Waals surface area contributed by atoms with E-state index >= 15 is 0 Å². The standard InChI is InChI=1S/C9H14N4O3.C6H12O5/c10-2-1-8(14)13-7(9(15)16)3-6-4-11-5-12-6;1-3(8)5(10)6(11)4(9)2-7/h4-5,7H,1-3,10H2,(H,11,12)(H,13,14)(H,15,16);4-7,9-11H,2H2,1H3. The lowest BCUT2D eigenvalue weighted by Crippen LogP contribution is -2.42. The second-order valence-electron chi connectivity index (χ2n) is 5.57. The van der Waals surface area contributed by atoms with Crippen molar-refractivity contribution in [1.82, 2.24) is 15.3 Å². The van der Waals surface area contributed by atoms with E-state index in [1.165, 1.54) is 12.5 Å². The van der Waals surface area contributed by atoms with Gasteiger partial charge in [0.2, 0.25) is 5.91 Å². The molecular formula is C15H26N4O8. The average molecular weight is 390 g/mol. The van der Waals surface area contributed by atoms with Crippen molar-refractivity contribution in [2.45, 2.75) is 44.1 Å². The third-order valence-corrected chi connectivity index (χ3v) is 3.30. The van der Waals surface area contributed by atoms with Gasteiger partial charge in [0.05, 0.1) is 12.9 Å². The first kappa shape index (κ1) is 24.6. The Hall–Kier alpha value is -2.38. The van der Waals surface area contributed by atoms with E-state index in [-0.39, 0.29) is 25.3 Å². The summed E-state index contributed by atoms with van der Waals surface area (Å²) in [6.45, 7) is 0.589. The molecule has 1 amide bonds. The van der Waals surface area contributed by atoms with Crippen LogP contribution >= 0.6 is 0 Å². The van der Waals surface area contributed by atoms with Crippen LogP contribution in [0.15, 0.2) is 12.5 Å². The normalized spacial score (nSPS) is 14.9. The van der Waals surface area contributed by atoms with Crippen molar-refractivity contribution < 1.29 is 39.9 Å². The minimum Gasteiger partial charge on any atom is -0.480 e. The lowest BCUT2D eigenvalue weighted by Gasteiger charge is -2.18. The fourth-order valence-corrected chi connectivity index (χ4v) is 1.77. The van der Waals surface area contributed by atoms with E-state index in [4.69, 9.17) is 31.3 Å². The Kier molecular flexibility index (Phi) is 11.8. The number of ketones is 1.